The average molecular weight is 828 g/mol. The van der Waals surface area contributed by atoms with Gasteiger partial charge in [0.05, 0.1) is 5.41 Å². The van der Waals surface area contributed by atoms with Gasteiger partial charge >= 0.3 is 0 Å². The third-order valence-electron chi connectivity index (χ3n) is 13.7. The van der Waals surface area contributed by atoms with Gasteiger partial charge in [-0.2, -0.15) is 0 Å². The van der Waals surface area contributed by atoms with Crippen LogP contribution in [0.2, 0.25) is 0 Å². The highest BCUT2D eigenvalue weighted by molar-refractivity contribution is 6.19. The second-order valence-electron chi connectivity index (χ2n) is 17.2. The van der Waals surface area contributed by atoms with Crippen LogP contribution >= 0.6 is 0 Å². The second kappa shape index (κ2) is 14.8. The van der Waals surface area contributed by atoms with Crippen LogP contribution in [0, 0.1) is 0 Å². The summed E-state index contributed by atoms with van der Waals surface area (Å²) in [5.74, 6) is 0. The Bertz CT molecular complexity index is 3720. The minimum Gasteiger partial charge on any atom is -0.455 e. The highest BCUT2D eigenvalue weighted by atomic mass is 16.3. The lowest BCUT2D eigenvalue weighted by Crippen LogP contribution is -2.28. The maximum atomic E-state index is 6.97. The summed E-state index contributed by atoms with van der Waals surface area (Å²) in [6.07, 6.45) is 0. The Morgan fingerprint density at radius 1 is 0.323 bits per heavy atom. The zero-order valence-corrected chi connectivity index (χ0v) is 35.5. The summed E-state index contributed by atoms with van der Waals surface area (Å²) in [6, 6.07) is 90.8. The van der Waals surface area contributed by atoms with Crippen LogP contribution in [-0.2, 0) is 5.41 Å². The van der Waals surface area contributed by atoms with E-state index in [1.165, 1.54) is 66.1 Å². The van der Waals surface area contributed by atoms with E-state index in [1.807, 2.05) is 0 Å². The number of benzene rings is 11. The van der Waals surface area contributed by atoms with Crippen LogP contribution in [0.1, 0.15) is 22.3 Å². The molecule has 0 saturated carbocycles. The predicted molar refractivity (Wildman–Crippen MR) is 272 cm³/mol. The minimum atomic E-state index is -0.530. The van der Waals surface area contributed by atoms with Crippen LogP contribution in [0.15, 0.2) is 253 Å². The molecular formula is C63H41NO. The van der Waals surface area contributed by atoms with Gasteiger partial charge in [-0.1, -0.05) is 194 Å². The molecule has 1 aliphatic carbocycles. The number of hydrogen-bond donors (Lipinski definition) is 0. The van der Waals surface area contributed by atoms with Gasteiger partial charge in [0, 0.05) is 33.4 Å². The van der Waals surface area contributed by atoms with Gasteiger partial charge in [-0.25, -0.2) is 0 Å². The molecule has 11 aromatic carbocycles. The van der Waals surface area contributed by atoms with E-state index in [2.05, 4.69) is 254 Å². The van der Waals surface area contributed by atoms with E-state index < -0.39 is 5.41 Å². The molecule has 2 heteroatoms. The van der Waals surface area contributed by atoms with E-state index >= 15 is 0 Å². The summed E-state index contributed by atoms with van der Waals surface area (Å²) < 4.78 is 6.97. The Morgan fingerprint density at radius 2 is 0.892 bits per heavy atom. The van der Waals surface area contributed by atoms with E-state index in [-0.39, 0.29) is 0 Å². The first-order chi connectivity index (χ1) is 32.2. The normalized spacial score (nSPS) is 12.7. The number of rotatable bonds is 7. The average Bonchev–Trinajstić information content (AvgIpc) is 3.89. The first-order valence-electron chi connectivity index (χ1n) is 22.4. The third-order valence-corrected chi connectivity index (χ3v) is 13.7. The molecule has 0 amide bonds. The molecule has 0 spiro atoms. The lowest BCUT2D eigenvalue weighted by Gasteiger charge is -2.35. The molecule has 0 N–H and O–H groups in total. The van der Waals surface area contributed by atoms with Crippen molar-refractivity contribution in [3.05, 3.63) is 271 Å². The maximum absolute atomic E-state index is 6.97. The molecule has 65 heavy (non-hydrogen) atoms. The summed E-state index contributed by atoms with van der Waals surface area (Å²) in [5.41, 5.74) is 16.6. The summed E-state index contributed by atoms with van der Waals surface area (Å²) in [7, 11) is 0. The lowest BCUT2D eigenvalue weighted by molar-refractivity contribution is 0.670. The third kappa shape index (κ3) is 5.81. The van der Waals surface area contributed by atoms with Crippen LogP contribution in [0.25, 0.3) is 76.9 Å². The first kappa shape index (κ1) is 37.1. The number of nitrogens with zero attached hydrogens (tertiary/aromatic N) is 1. The Labute approximate surface area is 377 Å². The van der Waals surface area contributed by atoms with Gasteiger partial charge in [0.25, 0.3) is 0 Å². The van der Waals surface area contributed by atoms with E-state index in [4.69, 9.17) is 4.42 Å². The highest BCUT2D eigenvalue weighted by Gasteiger charge is 2.46. The second-order valence-corrected chi connectivity index (χ2v) is 17.2. The van der Waals surface area contributed by atoms with Gasteiger partial charge in [0.15, 0.2) is 0 Å². The quantitative estimate of drug-likeness (QED) is 0.159. The molecule has 1 heterocycles. The van der Waals surface area contributed by atoms with E-state index in [9.17, 15) is 0 Å². The van der Waals surface area contributed by atoms with Crippen molar-refractivity contribution in [3.63, 3.8) is 0 Å². The van der Waals surface area contributed by atoms with Crippen molar-refractivity contribution in [2.75, 3.05) is 4.90 Å². The Morgan fingerprint density at radius 3 is 1.66 bits per heavy atom. The molecule has 0 aliphatic heterocycles. The Kier molecular flexibility index (Phi) is 8.47. The molecule has 0 atom stereocenters. The summed E-state index contributed by atoms with van der Waals surface area (Å²) in [5, 5.41) is 6.96. The van der Waals surface area contributed by atoms with Crippen LogP contribution in [0.4, 0.5) is 17.1 Å². The molecular weight excluding hydrogens is 787 g/mol. The number of anilines is 3. The molecule has 13 rings (SSSR count). The smallest absolute Gasteiger partial charge is 0.143 e. The monoisotopic (exact) mass is 827 g/mol. The number of furan rings is 1. The van der Waals surface area contributed by atoms with E-state index in [1.54, 1.807) is 0 Å². The van der Waals surface area contributed by atoms with Crippen LogP contribution in [-0.4, -0.2) is 0 Å². The van der Waals surface area contributed by atoms with E-state index in [0.29, 0.717) is 0 Å². The molecule has 304 valence electrons. The zero-order chi connectivity index (χ0) is 42.9. The van der Waals surface area contributed by atoms with Crippen molar-refractivity contribution in [2.24, 2.45) is 0 Å². The van der Waals surface area contributed by atoms with Crippen molar-refractivity contribution in [2.45, 2.75) is 5.41 Å². The van der Waals surface area contributed by atoms with Gasteiger partial charge in [-0.15, -0.1) is 0 Å². The fourth-order valence-electron chi connectivity index (χ4n) is 10.8. The maximum Gasteiger partial charge on any atom is 0.143 e. The minimum absolute atomic E-state index is 0.530. The van der Waals surface area contributed by atoms with Crippen LogP contribution in [0.3, 0.4) is 0 Å². The summed E-state index contributed by atoms with van der Waals surface area (Å²) >= 11 is 0. The van der Waals surface area contributed by atoms with Crippen molar-refractivity contribution < 1.29 is 4.42 Å². The van der Waals surface area contributed by atoms with Gasteiger partial charge in [0.2, 0.25) is 0 Å². The molecule has 12 aromatic rings. The molecule has 0 radical (unpaired) electrons. The topological polar surface area (TPSA) is 16.4 Å². The molecule has 0 unspecified atom stereocenters. The standard InChI is InChI=1S/C63H41NO/c1-4-16-42(17-5-1)44-30-32-50(33-31-44)64(52-34-36-55-54-26-14-15-27-58(54)63(59(55)41-52,48-21-6-2-7-22-48)49-23-8-3-9-24-49)51-35-37-60-56(40-51)57-39-46-20-12-13-25-53(46)61(62(57)65-60)47-29-28-43-18-10-11-19-45(43)38-47/h1-41H. The zero-order valence-electron chi connectivity index (χ0n) is 35.5. The molecule has 1 aromatic heterocycles. The Balaban J connectivity index is 1.05. The molecule has 1 aliphatic rings. The summed E-state index contributed by atoms with van der Waals surface area (Å²) in [6.45, 7) is 0. The van der Waals surface area contributed by atoms with Crippen molar-refractivity contribution in [3.8, 4) is 33.4 Å². The van der Waals surface area contributed by atoms with Crippen LogP contribution in [0.5, 0.6) is 0 Å². The number of fused-ring (bicyclic) bond motifs is 8. The van der Waals surface area contributed by atoms with Crippen LogP contribution < -0.4 is 4.90 Å². The van der Waals surface area contributed by atoms with Gasteiger partial charge in [-0.3, -0.25) is 0 Å². The largest absolute Gasteiger partial charge is 0.455 e. The predicted octanol–water partition coefficient (Wildman–Crippen LogP) is 17.1. The highest BCUT2D eigenvalue weighted by Crippen LogP contribution is 2.57. The van der Waals surface area contributed by atoms with E-state index in [0.717, 1.165) is 50.1 Å². The molecule has 2 nitrogen and oxygen atoms in total. The SMILES string of the molecule is c1ccc(-c2ccc(N(c3ccc4c(c3)C(c3ccccc3)(c3ccccc3)c3ccccc3-4)c3ccc4oc5c(-c6ccc7ccccc7c6)c6ccccc6cc5c4c3)cc2)cc1. The fourth-order valence-corrected chi connectivity index (χ4v) is 10.8. The molecule has 0 saturated heterocycles. The van der Waals surface area contributed by atoms with Gasteiger partial charge < -0.3 is 9.32 Å². The molecule has 0 bridgehead atoms. The summed E-state index contributed by atoms with van der Waals surface area (Å²) in [4.78, 5) is 2.42. The lowest BCUT2D eigenvalue weighted by atomic mass is 9.67. The fraction of sp³-hybridized carbons (Fsp3) is 0.0159. The van der Waals surface area contributed by atoms with Gasteiger partial charge in [-0.05, 0) is 126 Å². The Hall–Kier alpha value is -8.46. The van der Waals surface area contributed by atoms with Crippen molar-refractivity contribution in [1.82, 2.24) is 0 Å². The first-order valence-corrected chi connectivity index (χ1v) is 22.4. The van der Waals surface area contributed by atoms with Gasteiger partial charge in [0.1, 0.15) is 11.2 Å². The van der Waals surface area contributed by atoms with Crippen molar-refractivity contribution in [1.29, 1.82) is 0 Å². The van der Waals surface area contributed by atoms with Crippen molar-refractivity contribution >= 4 is 60.5 Å². The number of hydrogen-bond acceptors (Lipinski definition) is 2. The molecule has 0 fully saturated rings.